The van der Waals surface area contributed by atoms with E-state index < -0.39 is 0 Å². The molecule has 1 fully saturated rings. The Morgan fingerprint density at radius 3 is 2.67 bits per heavy atom. The summed E-state index contributed by atoms with van der Waals surface area (Å²) in [6, 6.07) is 6.00. The van der Waals surface area contributed by atoms with Crippen molar-refractivity contribution in [2.24, 2.45) is 0 Å². The van der Waals surface area contributed by atoms with E-state index in [2.05, 4.69) is 45.1 Å². The van der Waals surface area contributed by atoms with Gasteiger partial charge in [-0.2, -0.15) is 0 Å². The number of methoxy groups -OCH3 is 1. The van der Waals surface area contributed by atoms with Crippen LogP contribution in [0.4, 0.5) is 0 Å². The number of esters is 1. The van der Waals surface area contributed by atoms with Crippen molar-refractivity contribution in [1.82, 2.24) is 5.32 Å². The van der Waals surface area contributed by atoms with E-state index in [9.17, 15) is 4.79 Å². The van der Waals surface area contributed by atoms with E-state index in [4.69, 9.17) is 9.47 Å². The Kier molecular flexibility index (Phi) is 4.57. The van der Waals surface area contributed by atoms with Gasteiger partial charge in [0.25, 0.3) is 0 Å². The number of nitrogens with one attached hydrogen (secondary N) is 1. The van der Waals surface area contributed by atoms with Crippen molar-refractivity contribution >= 4 is 5.97 Å². The molecule has 0 radical (unpaired) electrons. The van der Waals surface area contributed by atoms with E-state index in [0.29, 0.717) is 13.0 Å². The molecule has 0 saturated carbocycles. The Hall–Kier alpha value is -1.55. The van der Waals surface area contributed by atoms with E-state index in [1.54, 1.807) is 0 Å². The second-order valence-electron chi connectivity index (χ2n) is 6.71. The minimum Gasteiger partial charge on any atom is -0.489 e. The zero-order chi connectivity index (χ0) is 15.6. The molecule has 1 heterocycles. The molecule has 0 aromatic heterocycles. The summed E-state index contributed by atoms with van der Waals surface area (Å²) in [4.78, 5) is 11.5. The molecular weight excluding hydrogens is 266 g/mol. The summed E-state index contributed by atoms with van der Waals surface area (Å²) < 4.78 is 10.9. The van der Waals surface area contributed by atoms with Gasteiger partial charge >= 0.3 is 5.97 Å². The van der Waals surface area contributed by atoms with Crippen LogP contribution in [0.25, 0.3) is 0 Å². The van der Waals surface area contributed by atoms with Gasteiger partial charge in [0.2, 0.25) is 0 Å². The summed E-state index contributed by atoms with van der Waals surface area (Å²) >= 11 is 0. The van der Waals surface area contributed by atoms with Crippen LogP contribution >= 0.6 is 0 Å². The van der Waals surface area contributed by atoms with E-state index >= 15 is 0 Å². The molecule has 4 nitrogen and oxygen atoms in total. The van der Waals surface area contributed by atoms with Crippen LogP contribution in [-0.4, -0.2) is 31.8 Å². The Bertz CT molecular complexity index is 519. The fourth-order valence-electron chi connectivity index (χ4n) is 2.63. The number of rotatable bonds is 3. The first kappa shape index (κ1) is 15.8. The molecule has 2 atom stereocenters. The van der Waals surface area contributed by atoms with Crippen molar-refractivity contribution in [3.63, 3.8) is 0 Å². The highest BCUT2D eigenvalue weighted by Gasteiger charge is 2.32. The Morgan fingerprint density at radius 2 is 2.05 bits per heavy atom. The summed E-state index contributed by atoms with van der Waals surface area (Å²) in [5.74, 6) is 0.687. The average molecular weight is 291 g/mol. The lowest BCUT2D eigenvalue weighted by molar-refractivity contribution is -0.142. The van der Waals surface area contributed by atoms with Crippen molar-refractivity contribution in [1.29, 1.82) is 0 Å². The predicted octanol–water partition coefficient (Wildman–Crippen LogP) is 2.57. The molecule has 21 heavy (non-hydrogen) atoms. The minimum atomic E-state index is -0.261. The Labute approximate surface area is 126 Å². The van der Waals surface area contributed by atoms with Crippen LogP contribution in [0, 0.1) is 6.92 Å². The van der Waals surface area contributed by atoms with Crippen molar-refractivity contribution < 1.29 is 14.3 Å². The lowest BCUT2D eigenvalue weighted by Gasteiger charge is -2.25. The summed E-state index contributed by atoms with van der Waals surface area (Å²) in [6.45, 7) is 9.29. The standard InChI is InChI=1S/C17H25NO3/c1-11-6-7-15(13(8-11)17(2,3)4)21-12-9-14(18-10-12)16(19)20-5/h6-8,12,14,18H,9-10H2,1-5H3/t12-,14+/m1/s1. The molecule has 0 unspecified atom stereocenters. The van der Waals surface area contributed by atoms with Gasteiger partial charge in [-0.05, 0) is 24.0 Å². The molecule has 1 aromatic carbocycles. The van der Waals surface area contributed by atoms with E-state index in [1.807, 2.05) is 6.07 Å². The van der Waals surface area contributed by atoms with Crippen molar-refractivity contribution in [3.8, 4) is 5.75 Å². The fraction of sp³-hybridized carbons (Fsp3) is 0.588. The van der Waals surface area contributed by atoms with Crippen LogP contribution in [0.1, 0.15) is 38.3 Å². The first-order valence-electron chi connectivity index (χ1n) is 7.40. The Morgan fingerprint density at radius 1 is 1.33 bits per heavy atom. The van der Waals surface area contributed by atoms with Crippen molar-refractivity contribution in [2.45, 2.75) is 51.7 Å². The van der Waals surface area contributed by atoms with E-state index in [1.165, 1.54) is 18.2 Å². The van der Waals surface area contributed by atoms with Gasteiger partial charge in [0.05, 0.1) is 7.11 Å². The van der Waals surface area contributed by atoms with Gasteiger partial charge in [-0.15, -0.1) is 0 Å². The number of hydrogen-bond acceptors (Lipinski definition) is 4. The molecule has 1 aliphatic heterocycles. The molecule has 4 heteroatoms. The second-order valence-corrected chi connectivity index (χ2v) is 6.71. The molecular formula is C17H25NO3. The summed E-state index contributed by atoms with van der Waals surface area (Å²) in [7, 11) is 1.41. The maximum absolute atomic E-state index is 11.5. The van der Waals surface area contributed by atoms with Gasteiger partial charge in [0.1, 0.15) is 17.9 Å². The Balaban J connectivity index is 2.12. The highest BCUT2D eigenvalue weighted by atomic mass is 16.5. The molecule has 0 spiro atoms. The highest BCUT2D eigenvalue weighted by molar-refractivity contribution is 5.76. The van der Waals surface area contributed by atoms with Crippen LogP contribution in [0.15, 0.2) is 18.2 Å². The van der Waals surface area contributed by atoms with Crippen LogP contribution in [0.3, 0.4) is 0 Å². The number of benzene rings is 1. The molecule has 116 valence electrons. The number of carbonyl (C=O) groups is 1. The summed E-state index contributed by atoms with van der Waals surface area (Å²) in [6.07, 6.45) is 0.641. The molecule has 2 rings (SSSR count). The third-order valence-electron chi connectivity index (χ3n) is 3.81. The molecule has 0 amide bonds. The third kappa shape index (κ3) is 3.76. The first-order chi connectivity index (χ1) is 9.81. The summed E-state index contributed by atoms with van der Waals surface area (Å²) in [5, 5.41) is 3.15. The molecule has 0 bridgehead atoms. The minimum absolute atomic E-state index is 0.00194. The number of hydrogen-bond donors (Lipinski definition) is 1. The predicted molar refractivity (Wildman–Crippen MR) is 82.7 cm³/mol. The van der Waals surface area contributed by atoms with Crippen LogP contribution in [0.2, 0.25) is 0 Å². The number of aryl methyl sites for hydroxylation is 1. The van der Waals surface area contributed by atoms with Gasteiger partial charge in [-0.3, -0.25) is 4.79 Å². The average Bonchev–Trinajstić information content (AvgIpc) is 2.87. The largest absolute Gasteiger partial charge is 0.489 e. The fourth-order valence-corrected chi connectivity index (χ4v) is 2.63. The quantitative estimate of drug-likeness (QED) is 0.870. The van der Waals surface area contributed by atoms with Gasteiger partial charge in [-0.25, -0.2) is 0 Å². The zero-order valence-electron chi connectivity index (χ0n) is 13.5. The number of ether oxygens (including phenoxy) is 2. The molecule has 0 aliphatic carbocycles. The smallest absolute Gasteiger partial charge is 0.323 e. The topological polar surface area (TPSA) is 47.6 Å². The second kappa shape index (κ2) is 6.06. The zero-order valence-corrected chi connectivity index (χ0v) is 13.5. The summed E-state index contributed by atoms with van der Waals surface area (Å²) in [5.41, 5.74) is 2.45. The maximum Gasteiger partial charge on any atom is 0.323 e. The van der Waals surface area contributed by atoms with Crippen LogP contribution in [-0.2, 0) is 14.9 Å². The van der Waals surface area contributed by atoms with E-state index in [0.717, 1.165) is 5.75 Å². The molecule has 1 aromatic rings. The molecule has 1 aliphatic rings. The molecule has 1 N–H and O–H groups in total. The van der Waals surface area contributed by atoms with E-state index in [-0.39, 0.29) is 23.5 Å². The van der Waals surface area contributed by atoms with Crippen LogP contribution < -0.4 is 10.1 Å². The lowest BCUT2D eigenvalue weighted by Crippen LogP contribution is -2.31. The van der Waals surface area contributed by atoms with Crippen molar-refractivity contribution in [3.05, 3.63) is 29.3 Å². The normalized spacial score (nSPS) is 22.1. The maximum atomic E-state index is 11.5. The SMILES string of the molecule is COC(=O)[C@@H]1C[C@@H](Oc2ccc(C)cc2C(C)(C)C)CN1. The first-order valence-corrected chi connectivity index (χ1v) is 7.40. The van der Waals surface area contributed by atoms with Gasteiger partial charge < -0.3 is 14.8 Å². The lowest BCUT2D eigenvalue weighted by atomic mass is 9.85. The van der Waals surface area contributed by atoms with Crippen molar-refractivity contribution in [2.75, 3.05) is 13.7 Å². The highest BCUT2D eigenvalue weighted by Crippen LogP contribution is 2.33. The van der Waals surface area contributed by atoms with Gasteiger partial charge in [0, 0.05) is 13.0 Å². The van der Waals surface area contributed by atoms with Crippen LogP contribution in [0.5, 0.6) is 5.75 Å². The molecule has 1 saturated heterocycles. The third-order valence-corrected chi connectivity index (χ3v) is 3.81. The monoisotopic (exact) mass is 291 g/mol. The van der Waals surface area contributed by atoms with Gasteiger partial charge in [0.15, 0.2) is 0 Å². The number of carbonyl (C=O) groups excluding carboxylic acids is 1. The van der Waals surface area contributed by atoms with Gasteiger partial charge in [-0.1, -0.05) is 38.5 Å².